The zero-order valence-electron chi connectivity index (χ0n) is 13.4. The van der Waals surface area contributed by atoms with Crippen molar-refractivity contribution in [2.45, 2.75) is 38.8 Å². The van der Waals surface area contributed by atoms with Gasteiger partial charge in [-0.15, -0.1) is 0 Å². The van der Waals surface area contributed by atoms with Crippen LogP contribution in [0.1, 0.15) is 35.8 Å². The van der Waals surface area contributed by atoms with Crippen LogP contribution in [0.5, 0.6) is 0 Å². The second kappa shape index (κ2) is 6.45. The summed E-state index contributed by atoms with van der Waals surface area (Å²) in [5.74, 6) is 0.0446. The summed E-state index contributed by atoms with van der Waals surface area (Å²) >= 11 is 3.47. The van der Waals surface area contributed by atoms with Gasteiger partial charge in [0.15, 0.2) is 0 Å². The number of rotatable bonds is 2. The quantitative estimate of drug-likeness (QED) is 0.876. The standard InChI is InChI=1S/C17H21BrN4O/c1-11-8-14(19)6-7-21(11)17(23)16-10-20-22(12(16)2)15-5-3-4-13(18)9-15/h3-5,9-11,14H,6-8,19H2,1-2H3/t11-,14+/m1/s1. The summed E-state index contributed by atoms with van der Waals surface area (Å²) in [6, 6.07) is 8.24. The molecule has 2 atom stereocenters. The van der Waals surface area contributed by atoms with Crippen LogP contribution in [-0.4, -0.2) is 39.2 Å². The van der Waals surface area contributed by atoms with E-state index in [4.69, 9.17) is 5.73 Å². The summed E-state index contributed by atoms with van der Waals surface area (Å²) < 4.78 is 2.79. The molecule has 5 nitrogen and oxygen atoms in total. The van der Waals surface area contributed by atoms with Crippen LogP contribution in [0.3, 0.4) is 0 Å². The van der Waals surface area contributed by atoms with Gasteiger partial charge in [-0.3, -0.25) is 4.79 Å². The second-order valence-electron chi connectivity index (χ2n) is 6.17. The van der Waals surface area contributed by atoms with Crippen molar-refractivity contribution >= 4 is 21.8 Å². The van der Waals surface area contributed by atoms with Crippen molar-refractivity contribution < 1.29 is 4.79 Å². The lowest BCUT2D eigenvalue weighted by Gasteiger charge is -2.36. The predicted octanol–water partition coefficient (Wildman–Crippen LogP) is 2.90. The smallest absolute Gasteiger partial charge is 0.257 e. The Morgan fingerprint density at radius 2 is 2.22 bits per heavy atom. The molecule has 1 aliphatic rings. The lowest BCUT2D eigenvalue weighted by molar-refractivity contribution is 0.0618. The van der Waals surface area contributed by atoms with Crippen molar-refractivity contribution in [3.05, 3.63) is 46.2 Å². The van der Waals surface area contributed by atoms with E-state index < -0.39 is 0 Å². The molecule has 0 radical (unpaired) electrons. The monoisotopic (exact) mass is 376 g/mol. The Morgan fingerprint density at radius 3 is 2.91 bits per heavy atom. The number of benzene rings is 1. The fourth-order valence-electron chi connectivity index (χ4n) is 3.15. The molecule has 2 N–H and O–H groups in total. The average molecular weight is 377 g/mol. The van der Waals surface area contributed by atoms with Crippen molar-refractivity contribution in [3.63, 3.8) is 0 Å². The highest BCUT2D eigenvalue weighted by Crippen LogP contribution is 2.22. The lowest BCUT2D eigenvalue weighted by Crippen LogP contribution is -2.48. The zero-order chi connectivity index (χ0) is 16.6. The summed E-state index contributed by atoms with van der Waals surface area (Å²) in [5.41, 5.74) is 8.44. The van der Waals surface area contributed by atoms with Crippen LogP contribution >= 0.6 is 15.9 Å². The number of halogens is 1. The van der Waals surface area contributed by atoms with Gasteiger partial charge in [-0.1, -0.05) is 22.0 Å². The molecule has 1 fully saturated rings. The number of carbonyl (C=O) groups excluding carboxylic acids is 1. The first-order valence-corrected chi connectivity index (χ1v) is 8.64. The highest BCUT2D eigenvalue weighted by Gasteiger charge is 2.29. The second-order valence-corrected chi connectivity index (χ2v) is 7.08. The van der Waals surface area contributed by atoms with E-state index in [1.54, 1.807) is 10.9 Å². The number of aromatic nitrogens is 2. The number of piperidine rings is 1. The number of likely N-dealkylation sites (tertiary alicyclic amines) is 1. The zero-order valence-corrected chi connectivity index (χ0v) is 15.0. The first kappa shape index (κ1) is 16.2. The van der Waals surface area contributed by atoms with Crippen LogP contribution in [-0.2, 0) is 0 Å². The molecular weight excluding hydrogens is 356 g/mol. The normalized spacial score (nSPS) is 21.5. The summed E-state index contributed by atoms with van der Waals surface area (Å²) in [6.07, 6.45) is 3.37. The number of hydrogen-bond donors (Lipinski definition) is 1. The Morgan fingerprint density at radius 1 is 1.43 bits per heavy atom. The molecule has 0 saturated carbocycles. The Kier molecular flexibility index (Phi) is 4.55. The number of carbonyl (C=O) groups is 1. The average Bonchev–Trinajstić information content (AvgIpc) is 2.88. The number of hydrogen-bond acceptors (Lipinski definition) is 3. The molecule has 0 unspecified atom stereocenters. The van der Waals surface area contributed by atoms with E-state index in [1.165, 1.54) is 0 Å². The topological polar surface area (TPSA) is 64.2 Å². The highest BCUT2D eigenvalue weighted by atomic mass is 79.9. The SMILES string of the molecule is Cc1c(C(=O)N2CC[C@H](N)C[C@H]2C)cnn1-c1cccc(Br)c1. The summed E-state index contributed by atoms with van der Waals surface area (Å²) in [7, 11) is 0. The summed E-state index contributed by atoms with van der Waals surface area (Å²) in [6.45, 7) is 4.70. The van der Waals surface area contributed by atoms with Gasteiger partial charge < -0.3 is 10.6 Å². The van der Waals surface area contributed by atoms with Gasteiger partial charge in [0, 0.05) is 23.1 Å². The lowest BCUT2D eigenvalue weighted by atomic mass is 9.98. The van der Waals surface area contributed by atoms with Crippen LogP contribution in [0.15, 0.2) is 34.9 Å². The van der Waals surface area contributed by atoms with Gasteiger partial charge in [0.25, 0.3) is 5.91 Å². The molecular formula is C17H21BrN4O. The molecule has 1 aliphatic heterocycles. The van der Waals surface area contributed by atoms with Crippen molar-refractivity contribution in [3.8, 4) is 5.69 Å². The molecule has 3 rings (SSSR count). The van der Waals surface area contributed by atoms with E-state index in [-0.39, 0.29) is 18.0 Å². The number of nitrogens with zero attached hydrogens (tertiary/aromatic N) is 3. The Hall–Kier alpha value is -1.66. The predicted molar refractivity (Wildman–Crippen MR) is 93.7 cm³/mol. The van der Waals surface area contributed by atoms with E-state index in [0.29, 0.717) is 12.1 Å². The molecule has 2 heterocycles. The van der Waals surface area contributed by atoms with E-state index in [0.717, 1.165) is 28.7 Å². The van der Waals surface area contributed by atoms with Gasteiger partial charge >= 0.3 is 0 Å². The largest absolute Gasteiger partial charge is 0.336 e. The van der Waals surface area contributed by atoms with Gasteiger partial charge in [0.05, 0.1) is 23.1 Å². The van der Waals surface area contributed by atoms with Crippen molar-refractivity contribution in [1.29, 1.82) is 0 Å². The molecule has 0 aliphatic carbocycles. The fraction of sp³-hybridized carbons (Fsp3) is 0.412. The molecule has 122 valence electrons. The van der Waals surface area contributed by atoms with Crippen LogP contribution in [0.2, 0.25) is 0 Å². The van der Waals surface area contributed by atoms with Gasteiger partial charge in [-0.2, -0.15) is 5.10 Å². The van der Waals surface area contributed by atoms with Crippen LogP contribution < -0.4 is 5.73 Å². The van der Waals surface area contributed by atoms with E-state index in [1.807, 2.05) is 36.1 Å². The first-order valence-electron chi connectivity index (χ1n) is 7.84. The van der Waals surface area contributed by atoms with Gasteiger partial charge in [0.2, 0.25) is 0 Å². The molecule has 1 aromatic heterocycles. The highest BCUT2D eigenvalue weighted by molar-refractivity contribution is 9.10. The van der Waals surface area contributed by atoms with Crippen molar-refractivity contribution in [2.75, 3.05) is 6.54 Å². The molecule has 0 spiro atoms. The summed E-state index contributed by atoms with van der Waals surface area (Å²) in [4.78, 5) is 14.8. The maximum atomic E-state index is 12.9. The Balaban J connectivity index is 1.88. The molecule has 23 heavy (non-hydrogen) atoms. The van der Waals surface area contributed by atoms with Gasteiger partial charge in [-0.25, -0.2) is 4.68 Å². The number of amides is 1. The minimum absolute atomic E-state index is 0.0446. The Labute approximate surface area is 144 Å². The van der Waals surface area contributed by atoms with Crippen LogP contribution in [0.4, 0.5) is 0 Å². The van der Waals surface area contributed by atoms with Crippen molar-refractivity contribution in [1.82, 2.24) is 14.7 Å². The third kappa shape index (κ3) is 3.19. The van der Waals surface area contributed by atoms with Gasteiger partial charge in [-0.05, 0) is 44.9 Å². The minimum Gasteiger partial charge on any atom is -0.336 e. The minimum atomic E-state index is 0.0446. The fourth-order valence-corrected chi connectivity index (χ4v) is 3.54. The Bertz CT molecular complexity index is 727. The maximum Gasteiger partial charge on any atom is 0.257 e. The number of nitrogens with two attached hydrogens (primary N) is 1. The van der Waals surface area contributed by atoms with Crippen LogP contribution in [0.25, 0.3) is 5.69 Å². The third-order valence-electron chi connectivity index (χ3n) is 4.47. The van der Waals surface area contributed by atoms with Crippen LogP contribution in [0, 0.1) is 6.92 Å². The van der Waals surface area contributed by atoms with Crippen molar-refractivity contribution in [2.24, 2.45) is 5.73 Å². The van der Waals surface area contributed by atoms with E-state index >= 15 is 0 Å². The van der Waals surface area contributed by atoms with E-state index in [2.05, 4.69) is 28.0 Å². The maximum absolute atomic E-state index is 12.9. The summed E-state index contributed by atoms with van der Waals surface area (Å²) in [5, 5.41) is 4.41. The molecule has 1 saturated heterocycles. The molecule has 0 bridgehead atoms. The molecule has 2 aromatic rings. The van der Waals surface area contributed by atoms with E-state index in [9.17, 15) is 4.79 Å². The molecule has 6 heteroatoms. The van der Waals surface area contributed by atoms with Gasteiger partial charge in [0.1, 0.15) is 0 Å². The first-order chi connectivity index (χ1) is 11.0. The molecule has 1 aromatic carbocycles. The molecule has 1 amide bonds. The third-order valence-corrected chi connectivity index (χ3v) is 4.96.